The number of fused-ring (bicyclic) bond motifs is 1. The van der Waals surface area contributed by atoms with E-state index >= 15 is 0 Å². The van der Waals surface area contributed by atoms with Gasteiger partial charge in [-0.1, -0.05) is 12.1 Å². The van der Waals surface area contributed by atoms with Crippen LogP contribution in [0.1, 0.15) is 47.1 Å². The quantitative estimate of drug-likeness (QED) is 0.517. The zero-order chi connectivity index (χ0) is 21.1. The highest BCUT2D eigenvalue weighted by Gasteiger charge is 2.32. The van der Waals surface area contributed by atoms with Crippen molar-refractivity contribution < 1.29 is 19.1 Å². The number of thiazole rings is 1. The molecular weight excluding hydrogens is 400 g/mol. The molecule has 0 N–H and O–H groups in total. The summed E-state index contributed by atoms with van der Waals surface area (Å²) in [5.41, 5.74) is 1.49. The van der Waals surface area contributed by atoms with Gasteiger partial charge in [-0.2, -0.15) is 0 Å². The maximum Gasteiger partial charge on any atom is 0.223 e. The lowest BCUT2D eigenvalue weighted by Gasteiger charge is -2.23. The number of Topliss-reactive ketones (excluding diaryl/α,β-unsaturated/α-hetero) is 1. The monoisotopic (exact) mass is 424 g/mol. The first kappa shape index (κ1) is 20.3. The van der Waals surface area contributed by atoms with Crippen LogP contribution in [0.5, 0.6) is 11.5 Å². The summed E-state index contributed by atoms with van der Waals surface area (Å²) in [6.45, 7) is 0.712. The molecule has 1 aliphatic rings. The molecule has 156 valence electrons. The highest BCUT2D eigenvalue weighted by Crippen LogP contribution is 2.37. The van der Waals surface area contributed by atoms with Crippen LogP contribution in [0.15, 0.2) is 42.5 Å². The highest BCUT2D eigenvalue weighted by molar-refractivity contribution is 7.18. The third-order valence-electron chi connectivity index (χ3n) is 5.44. The van der Waals surface area contributed by atoms with E-state index in [1.165, 1.54) is 7.11 Å². The van der Waals surface area contributed by atoms with Gasteiger partial charge in [-0.25, -0.2) is 4.98 Å². The predicted octanol–water partition coefficient (Wildman–Crippen LogP) is 4.64. The van der Waals surface area contributed by atoms with Crippen LogP contribution < -0.4 is 9.47 Å². The zero-order valence-corrected chi connectivity index (χ0v) is 17.9. The number of nitrogens with zero attached hydrogens (tertiary/aromatic N) is 2. The van der Waals surface area contributed by atoms with Gasteiger partial charge in [-0.05, 0) is 43.2 Å². The molecule has 0 saturated carbocycles. The van der Waals surface area contributed by atoms with Crippen LogP contribution in [0.2, 0.25) is 0 Å². The average molecular weight is 425 g/mol. The Hall–Kier alpha value is -2.93. The molecule has 0 bridgehead atoms. The number of para-hydroxylation sites is 1. The van der Waals surface area contributed by atoms with Gasteiger partial charge < -0.3 is 14.4 Å². The first-order valence-electron chi connectivity index (χ1n) is 10.0. The van der Waals surface area contributed by atoms with Gasteiger partial charge in [0.2, 0.25) is 5.91 Å². The van der Waals surface area contributed by atoms with Crippen molar-refractivity contribution in [2.24, 2.45) is 0 Å². The lowest BCUT2D eigenvalue weighted by atomic mass is 10.1. The first-order chi connectivity index (χ1) is 14.6. The lowest BCUT2D eigenvalue weighted by molar-refractivity contribution is -0.132. The normalized spacial score (nSPS) is 16.1. The Kier molecular flexibility index (Phi) is 5.99. The molecule has 1 saturated heterocycles. The molecule has 30 heavy (non-hydrogen) atoms. The van der Waals surface area contributed by atoms with Crippen LogP contribution in [-0.2, 0) is 4.79 Å². The van der Waals surface area contributed by atoms with Gasteiger partial charge in [0.1, 0.15) is 5.01 Å². The topological polar surface area (TPSA) is 68.7 Å². The molecule has 6 nitrogen and oxygen atoms in total. The largest absolute Gasteiger partial charge is 0.493 e. The summed E-state index contributed by atoms with van der Waals surface area (Å²) in [5, 5.41) is 0.980. The number of hydrogen-bond donors (Lipinski definition) is 0. The number of amides is 1. The van der Waals surface area contributed by atoms with Gasteiger partial charge in [-0.3, -0.25) is 9.59 Å². The Labute approximate surface area is 179 Å². The summed E-state index contributed by atoms with van der Waals surface area (Å²) in [4.78, 5) is 32.2. The first-order valence-corrected chi connectivity index (χ1v) is 10.8. The summed E-state index contributed by atoms with van der Waals surface area (Å²) in [7, 11) is 3.08. The van der Waals surface area contributed by atoms with Crippen molar-refractivity contribution in [1.29, 1.82) is 0 Å². The Bertz CT molecular complexity index is 1050. The minimum absolute atomic E-state index is 0.00517. The number of hydrogen-bond acceptors (Lipinski definition) is 6. The maximum atomic E-state index is 12.9. The second-order valence-electron chi connectivity index (χ2n) is 7.26. The van der Waals surface area contributed by atoms with Crippen LogP contribution in [0.4, 0.5) is 0 Å². The molecule has 2 heterocycles. The van der Waals surface area contributed by atoms with Crippen molar-refractivity contribution >= 4 is 33.2 Å². The lowest BCUT2D eigenvalue weighted by Crippen LogP contribution is -2.30. The molecule has 7 heteroatoms. The van der Waals surface area contributed by atoms with Gasteiger partial charge in [-0.15, -0.1) is 11.3 Å². The minimum Gasteiger partial charge on any atom is -0.493 e. The second kappa shape index (κ2) is 8.83. The fourth-order valence-electron chi connectivity index (χ4n) is 3.87. The number of ether oxygens (including phenoxy) is 2. The molecule has 0 unspecified atom stereocenters. The molecule has 0 spiro atoms. The van der Waals surface area contributed by atoms with Gasteiger partial charge in [0, 0.05) is 24.9 Å². The number of likely N-dealkylation sites (tertiary alicyclic amines) is 1. The predicted molar refractivity (Wildman–Crippen MR) is 116 cm³/mol. The van der Waals surface area contributed by atoms with Crippen molar-refractivity contribution in [3.63, 3.8) is 0 Å². The van der Waals surface area contributed by atoms with Crippen LogP contribution in [0, 0.1) is 0 Å². The van der Waals surface area contributed by atoms with E-state index in [1.807, 2.05) is 23.1 Å². The van der Waals surface area contributed by atoms with E-state index in [0.717, 1.165) is 28.1 Å². The molecule has 0 radical (unpaired) electrons. The van der Waals surface area contributed by atoms with E-state index in [4.69, 9.17) is 14.5 Å². The van der Waals surface area contributed by atoms with E-state index in [2.05, 4.69) is 6.07 Å². The molecule has 1 fully saturated rings. The summed E-state index contributed by atoms with van der Waals surface area (Å²) in [6.07, 6.45) is 2.22. The van der Waals surface area contributed by atoms with Crippen LogP contribution >= 0.6 is 11.3 Å². The maximum absolute atomic E-state index is 12.9. The number of methoxy groups -OCH3 is 2. The number of carbonyl (C=O) groups excluding carboxylic acids is 2. The summed E-state index contributed by atoms with van der Waals surface area (Å²) < 4.78 is 11.6. The standard InChI is InChI=1S/C23H24N2O4S/c1-28-19-11-9-15(14-20(19)29-2)18(26)10-12-22(27)25-13-5-7-17(25)23-24-16-6-3-4-8-21(16)30-23/h3-4,6,8-9,11,14,17H,5,7,10,12-13H2,1-2H3/t17-/m0/s1. The van der Waals surface area contributed by atoms with Crippen LogP contribution in [0.3, 0.4) is 0 Å². The van der Waals surface area contributed by atoms with E-state index in [9.17, 15) is 9.59 Å². The number of benzene rings is 2. The highest BCUT2D eigenvalue weighted by atomic mass is 32.1. The van der Waals surface area contributed by atoms with Crippen molar-refractivity contribution in [3.05, 3.63) is 53.0 Å². The van der Waals surface area contributed by atoms with E-state index in [0.29, 0.717) is 23.6 Å². The Morgan fingerprint density at radius 2 is 1.90 bits per heavy atom. The van der Waals surface area contributed by atoms with E-state index in [1.54, 1.807) is 36.6 Å². The molecule has 2 aromatic carbocycles. The van der Waals surface area contributed by atoms with Gasteiger partial charge in [0.05, 0.1) is 30.5 Å². The van der Waals surface area contributed by atoms with Gasteiger partial charge >= 0.3 is 0 Å². The smallest absolute Gasteiger partial charge is 0.223 e. The summed E-state index contributed by atoms with van der Waals surface area (Å²) >= 11 is 1.65. The van der Waals surface area contributed by atoms with Crippen molar-refractivity contribution in [1.82, 2.24) is 9.88 Å². The fourth-order valence-corrected chi connectivity index (χ4v) is 4.99. The second-order valence-corrected chi connectivity index (χ2v) is 8.32. The zero-order valence-electron chi connectivity index (χ0n) is 17.1. The third-order valence-corrected chi connectivity index (χ3v) is 6.58. The Balaban J connectivity index is 1.42. The van der Waals surface area contributed by atoms with Crippen LogP contribution in [-0.4, -0.2) is 42.3 Å². The minimum atomic E-state index is -0.0833. The fraction of sp³-hybridized carbons (Fsp3) is 0.348. The molecule has 0 aliphatic carbocycles. The SMILES string of the molecule is COc1ccc(C(=O)CCC(=O)N2CCC[C@H]2c2nc3ccccc3s2)cc1OC. The van der Waals surface area contributed by atoms with E-state index in [-0.39, 0.29) is 30.6 Å². The number of ketones is 1. The number of rotatable bonds is 7. The molecule has 1 aromatic heterocycles. The van der Waals surface area contributed by atoms with Crippen molar-refractivity contribution in [3.8, 4) is 11.5 Å². The number of aromatic nitrogens is 1. The number of carbonyl (C=O) groups is 2. The summed E-state index contributed by atoms with van der Waals surface area (Å²) in [6, 6.07) is 13.1. The molecule has 1 amide bonds. The van der Waals surface area contributed by atoms with Crippen molar-refractivity contribution in [2.45, 2.75) is 31.7 Å². The van der Waals surface area contributed by atoms with Gasteiger partial charge in [0.15, 0.2) is 17.3 Å². The van der Waals surface area contributed by atoms with Gasteiger partial charge in [0.25, 0.3) is 0 Å². The molecule has 4 rings (SSSR count). The third kappa shape index (κ3) is 4.03. The van der Waals surface area contributed by atoms with Crippen LogP contribution in [0.25, 0.3) is 10.2 Å². The Morgan fingerprint density at radius 1 is 1.10 bits per heavy atom. The molecule has 1 aliphatic heterocycles. The summed E-state index contributed by atoms with van der Waals surface area (Å²) in [5.74, 6) is 0.997. The van der Waals surface area contributed by atoms with Crippen molar-refractivity contribution in [2.75, 3.05) is 20.8 Å². The average Bonchev–Trinajstić information content (AvgIpc) is 3.43. The molecule has 1 atom stereocenters. The molecular formula is C23H24N2O4S. The van der Waals surface area contributed by atoms with E-state index < -0.39 is 0 Å². The molecule has 3 aromatic rings. The Morgan fingerprint density at radius 3 is 2.67 bits per heavy atom.